The highest BCUT2D eigenvalue weighted by Crippen LogP contribution is 2.38. The predicted octanol–water partition coefficient (Wildman–Crippen LogP) is 8.04. The number of thioether (sulfide) groups is 1. The zero-order chi connectivity index (χ0) is 28.1. The number of carboxylic acid groups (broad SMARTS) is 1. The first-order valence-corrected chi connectivity index (χ1v) is 12.9. The van der Waals surface area contributed by atoms with E-state index in [4.69, 9.17) is 19.3 Å². The van der Waals surface area contributed by atoms with E-state index in [-0.39, 0.29) is 23.9 Å². The van der Waals surface area contributed by atoms with E-state index in [1.54, 1.807) is 17.8 Å². The smallest absolute Gasteiger partial charge is 0.341 e. The van der Waals surface area contributed by atoms with Crippen LogP contribution in [0.3, 0.4) is 0 Å². The van der Waals surface area contributed by atoms with Crippen molar-refractivity contribution in [2.75, 3.05) is 25.6 Å². The Bertz CT molecular complexity index is 1170. The van der Waals surface area contributed by atoms with E-state index in [0.29, 0.717) is 17.9 Å². The molecule has 10 heteroatoms. The molecular weight excluding hydrogens is 524 g/mol. The molecule has 0 atom stereocenters. The Kier molecular flexibility index (Phi) is 12.3. The van der Waals surface area contributed by atoms with Crippen LogP contribution in [-0.2, 0) is 10.7 Å². The second-order valence-corrected chi connectivity index (χ2v) is 8.88. The van der Waals surface area contributed by atoms with Gasteiger partial charge in [-0.05, 0) is 79.6 Å². The minimum atomic E-state index is -3.68. The first kappa shape index (κ1) is 30.8. The van der Waals surface area contributed by atoms with Gasteiger partial charge in [-0.25, -0.2) is 13.6 Å². The lowest BCUT2D eigenvalue weighted by atomic mass is 10.1. The first-order chi connectivity index (χ1) is 18.2. The number of rotatable bonds is 13. The Morgan fingerprint density at radius 3 is 2.26 bits per heavy atom. The van der Waals surface area contributed by atoms with Crippen molar-refractivity contribution in [3.05, 3.63) is 77.6 Å². The molecule has 0 fully saturated rings. The van der Waals surface area contributed by atoms with Gasteiger partial charge < -0.3 is 19.3 Å². The van der Waals surface area contributed by atoms with Crippen LogP contribution in [0.4, 0.5) is 17.6 Å². The third-order valence-corrected chi connectivity index (χ3v) is 5.97. The number of carboxylic acids is 1. The molecule has 0 bridgehead atoms. The van der Waals surface area contributed by atoms with Crippen LogP contribution >= 0.6 is 11.8 Å². The quantitative estimate of drug-likeness (QED) is 0.131. The minimum absolute atomic E-state index is 0.0348. The average Bonchev–Trinajstić information content (AvgIpc) is 2.91. The van der Waals surface area contributed by atoms with Crippen molar-refractivity contribution in [3.8, 4) is 23.0 Å². The fourth-order valence-corrected chi connectivity index (χ4v) is 4.01. The second kappa shape index (κ2) is 15.1. The molecule has 0 saturated heterocycles. The van der Waals surface area contributed by atoms with Crippen LogP contribution in [-0.4, -0.2) is 36.7 Å². The zero-order valence-corrected chi connectivity index (χ0v) is 22.1. The van der Waals surface area contributed by atoms with E-state index >= 15 is 0 Å². The highest BCUT2D eigenvalue weighted by molar-refractivity contribution is 7.99. The van der Waals surface area contributed by atoms with E-state index in [0.717, 1.165) is 22.6 Å². The van der Waals surface area contributed by atoms with Crippen molar-refractivity contribution < 1.29 is 41.7 Å². The van der Waals surface area contributed by atoms with Gasteiger partial charge in [-0.2, -0.15) is 8.78 Å². The van der Waals surface area contributed by atoms with Gasteiger partial charge in [0.1, 0.15) is 17.3 Å². The molecule has 0 aliphatic carbocycles. The van der Waals surface area contributed by atoms with Crippen LogP contribution in [0.25, 0.3) is 0 Å². The molecule has 3 rings (SSSR count). The highest BCUT2D eigenvalue weighted by atomic mass is 32.2. The Balaban J connectivity index is 0.00000247. The summed E-state index contributed by atoms with van der Waals surface area (Å²) in [4.78, 5) is 11.6. The summed E-state index contributed by atoms with van der Waals surface area (Å²) in [5.74, 6) is -3.66. The summed E-state index contributed by atoms with van der Waals surface area (Å²) in [6.07, 6.45) is 0.610. The molecule has 3 aromatic carbocycles. The summed E-state index contributed by atoms with van der Waals surface area (Å²) in [6, 6.07) is 13.8. The predicted molar refractivity (Wildman–Crippen MR) is 139 cm³/mol. The van der Waals surface area contributed by atoms with Crippen molar-refractivity contribution in [3.63, 3.8) is 0 Å². The maximum absolute atomic E-state index is 13.9. The number of ether oxygens (including phenoxy) is 3. The van der Waals surface area contributed by atoms with Crippen molar-refractivity contribution in [2.24, 2.45) is 0 Å². The number of hydrogen-bond donors (Lipinski definition) is 1. The van der Waals surface area contributed by atoms with Gasteiger partial charge >= 0.3 is 11.9 Å². The number of aryl methyl sites for hydroxylation is 1. The van der Waals surface area contributed by atoms with Crippen LogP contribution in [0.2, 0.25) is 0 Å². The van der Waals surface area contributed by atoms with E-state index in [1.807, 2.05) is 32.9 Å². The number of carbonyl (C=O) groups is 1. The summed E-state index contributed by atoms with van der Waals surface area (Å²) < 4.78 is 70.3. The van der Waals surface area contributed by atoms with Crippen LogP contribution in [0, 0.1) is 12.7 Å². The van der Waals surface area contributed by atoms with Gasteiger partial charge in [-0.15, -0.1) is 11.8 Å². The van der Waals surface area contributed by atoms with E-state index < -0.39 is 36.6 Å². The summed E-state index contributed by atoms with van der Waals surface area (Å²) >= 11 is 1.56. The Morgan fingerprint density at radius 2 is 1.63 bits per heavy atom. The fraction of sp³-hybridized carbons (Fsp3) is 0.321. The lowest BCUT2D eigenvalue weighted by molar-refractivity contribution is -0.139. The molecule has 0 saturated carbocycles. The molecular formula is C28H30F4O5S. The molecule has 0 unspecified atom stereocenters. The van der Waals surface area contributed by atoms with Crippen LogP contribution in [0.15, 0.2) is 65.6 Å². The standard InChI is InChI=1S/C26H24F4O5S.C2H6/c1-17-13-21(8-10-22(17)34-15-25(31)32)36-12-2-11-33-23-9-3-18(26(29,30)16-27)14-24(23)35-20-6-4-19(28)5-7-20;1-2/h3-10,13-14H,2,11-12,15-16H2,1H3,(H,31,32);1-2H3. The Labute approximate surface area is 223 Å². The van der Waals surface area contributed by atoms with Gasteiger partial charge in [-0.1, -0.05) is 13.8 Å². The summed E-state index contributed by atoms with van der Waals surface area (Å²) in [6.45, 7) is 3.81. The van der Waals surface area contributed by atoms with Gasteiger partial charge in [0.2, 0.25) is 0 Å². The third kappa shape index (κ3) is 9.48. The van der Waals surface area contributed by atoms with Crippen molar-refractivity contribution in [1.29, 1.82) is 0 Å². The molecule has 206 valence electrons. The average molecular weight is 555 g/mol. The van der Waals surface area contributed by atoms with Gasteiger partial charge in [0, 0.05) is 16.2 Å². The number of benzene rings is 3. The van der Waals surface area contributed by atoms with Gasteiger partial charge in [0.25, 0.3) is 0 Å². The van der Waals surface area contributed by atoms with Gasteiger partial charge in [-0.3, -0.25) is 0 Å². The topological polar surface area (TPSA) is 65.0 Å². The minimum Gasteiger partial charge on any atom is -0.490 e. The number of hydrogen-bond acceptors (Lipinski definition) is 5. The van der Waals surface area contributed by atoms with Crippen LogP contribution in [0.1, 0.15) is 31.4 Å². The maximum atomic E-state index is 13.9. The lowest BCUT2D eigenvalue weighted by Crippen LogP contribution is -2.16. The SMILES string of the molecule is CC.Cc1cc(SCCCOc2ccc(C(F)(F)CF)cc2Oc2ccc(F)cc2)ccc1OCC(=O)O. The summed E-state index contributed by atoms with van der Waals surface area (Å²) in [5.41, 5.74) is 0.251. The molecule has 5 nitrogen and oxygen atoms in total. The largest absolute Gasteiger partial charge is 0.490 e. The van der Waals surface area contributed by atoms with E-state index in [1.165, 1.54) is 30.3 Å². The molecule has 0 radical (unpaired) electrons. The highest BCUT2D eigenvalue weighted by Gasteiger charge is 2.32. The molecule has 0 heterocycles. The normalized spacial score (nSPS) is 10.8. The van der Waals surface area contributed by atoms with Crippen molar-refractivity contribution in [2.45, 2.75) is 38.0 Å². The third-order valence-electron chi connectivity index (χ3n) is 4.89. The van der Waals surface area contributed by atoms with E-state index in [9.17, 15) is 22.4 Å². The Morgan fingerprint density at radius 1 is 0.947 bits per heavy atom. The summed E-state index contributed by atoms with van der Waals surface area (Å²) in [7, 11) is 0. The zero-order valence-electron chi connectivity index (χ0n) is 21.3. The second-order valence-electron chi connectivity index (χ2n) is 7.72. The molecule has 0 aliphatic heterocycles. The molecule has 0 aromatic heterocycles. The molecule has 0 spiro atoms. The summed E-state index contributed by atoms with van der Waals surface area (Å²) in [5, 5.41) is 8.72. The van der Waals surface area contributed by atoms with Crippen LogP contribution in [0.5, 0.6) is 23.0 Å². The molecule has 38 heavy (non-hydrogen) atoms. The molecule has 0 amide bonds. The number of aliphatic carboxylic acids is 1. The molecule has 3 aromatic rings. The first-order valence-electron chi connectivity index (χ1n) is 11.9. The van der Waals surface area contributed by atoms with Crippen LogP contribution < -0.4 is 14.2 Å². The van der Waals surface area contributed by atoms with Crippen molar-refractivity contribution >= 4 is 17.7 Å². The Hall–Kier alpha value is -3.40. The number of alkyl halides is 3. The fourth-order valence-electron chi connectivity index (χ4n) is 3.09. The van der Waals surface area contributed by atoms with E-state index in [2.05, 4.69) is 0 Å². The monoisotopic (exact) mass is 554 g/mol. The number of halogens is 4. The molecule has 0 aliphatic rings. The lowest BCUT2D eigenvalue weighted by Gasteiger charge is -2.17. The van der Waals surface area contributed by atoms with Gasteiger partial charge in [0.05, 0.1) is 6.61 Å². The molecule has 1 N–H and O–H groups in total. The van der Waals surface area contributed by atoms with Crippen molar-refractivity contribution in [1.82, 2.24) is 0 Å². The maximum Gasteiger partial charge on any atom is 0.341 e. The van der Waals surface area contributed by atoms with Gasteiger partial charge in [0.15, 0.2) is 24.8 Å².